The van der Waals surface area contributed by atoms with E-state index >= 15 is 0 Å². The molecule has 0 amide bonds. The van der Waals surface area contributed by atoms with Gasteiger partial charge in [-0.3, -0.25) is 0 Å². The van der Waals surface area contributed by atoms with Crippen molar-refractivity contribution in [3.05, 3.63) is 0 Å². The second-order valence-electron chi connectivity index (χ2n) is 5.06. The first-order valence-electron chi connectivity index (χ1n) is 5.85. The predicted molar refractivity (Wildman–Crippen MR) is 62.7 cm³/mol. The molecule has 0 aliphatic rings. The van der Waals surface area contributed by atoms with E-state index in [9.17, 15) is 0 Å². The van der Waals surface area contributed by atoms with Crippen LogP contribution in [0.4, 0.5) is 0 Å². The maximum atomic E-state index is 5.49. The summed E-state index contributed by atoms with van der Waals surface area (Å²) in [7, 11) is 0. The summed E-state index contributed by atoms with van der Waals surface area (Å²) in [5.74, 6) is 0. The molecular formula is C12H27NO. The highest BCUT2D eigenvalue weighted by Crippen LogP contribution is 2.09. The first-order chi connectivity index (χ1) is 6.56. The Morgan fingerprint density at radius 3 is 2.36 bits per heavy atom. The van der Waals surface area contributed by atoms with Gasteiger partial charge in [-0.25, -0.2) is 0 Å². The SMILES string of the molecule is CCCCCOCCNCC(C)(C)C. The molecule has 0 unspecified atom stereocenters. The van der Waals surface area contributed by atoms with E-state index in [1.54, 1.807) is 0 Å². The van der Waals surface area contributed by atoms with Crippen LogP contribution in [0.25, 0.3) is 0 Å². The van der Waals surface area contributed by atoms with Gasteiger partial charge < -0.3 is 10.1 Å². The van der Waals surface area contributed by atoms with Crippen molar-refractivity contribution in [3.63, 3.8) is 0 Å². The maximum absolute atomic E-state index is 5.49. The highest BCUT2D eigenvalue weighted by atomic mass is 16.5. The van der Waals surface area contributed by atoms with Gasteiger partial charge in [0.15, 0.2) is 0 Å². The minimum Gasteiger partial charge on any atom is -0.380 e. The zero-order chi connectivity index (χ0) is 10.9. The quantitative estimate of drug-likeness (QED) is 0.610. The lowest BCUT2D eigenvalue weighted by atomic mass is 9.97. The molecule has 0 aliphatic carbocycles. The van der Waals surface area contributed by atoms with Crippen molar-refractivity contribution in [2.24, 2.45) is 5.41 Å². The molecular weight excluding hydrogens is 174 g/mol. The smallest absolute Gasteiger partial charge is 0.0590 e. The first kappa shape index (κ1) is 13.9. The van der Waals surface area contributed by atoms with Crippen LogP contribution in [0.2, 0.25) is 0 Å². The molecule has 0 aromatic rings. The Labute approximate surface area is 89.4 Å². The third-order valence-electron chi connectivity index (χ3n) is 1.97. The Hall–Kier alpha value is -0.0800. The predicted octanol–water partition coefficient (Wildman–Crippen LogP) is 2.83. The largest absolute Gasteiger partial charge is 0.380 e. The topological polar surface area (TPSA) is 21.3 Å². The molecule has 0 aromatic carbocycles. The van der Waals surface area contributed by atoms with E-state index in [2.05, 4.69) is 33.0 Å². The van der Waals surface area contributed by atoms with Gasteiger partial charge in [-0.05, 0) is 11.8 Å². The van der Waals surface area contributed by atoms with Crippen molar-refractivity contribution < 1.29 is 4.74 Å². The Morgan fingerprint density at radius 2 is 1.79 bits per heavy atom. The zero-order valence-electron chi connectivity index (χ0n) is 10.4. The fourth-order valence-corrected chi connectivity index (χ4v) is 1.16. The molecule has 0 saturated carbocycles. The van der Waals surface area contributed by atoms with E-state index in [0.717, 1.165) is 26.3 Å². The van der Waals surface area contributed by atoms with Gasteiger partial charge in [-0.15, -0.1) is 0 Å². The zero-order valence-corrected chi connectivity index (χ0v) is 10.4. The van der Waals surface area contributed by atoms with Crippen molar-refractivity contribution >= 4 is 0 Å². The van der Waals surface area contributed by atoms with E-state index < -0.39 is 0 Å². The van der Waals surface area contributed by atoms with Gasteiger partial charge in [0.25, 0.3) is 0 Å². The standard InChI is InChI=1S/C12H27NO/c1-5-6-7-9-14-10-8-13-11-12(2,3)4/h13H,5-11H2,1-4H3. The second-order valence-corrected chi connectivity index (χ2v) is 5.06. The van der Waals surface area contributed by atoms with Crippen LogP contribution < -0.4 is 5.32 Å². The number of hydrogen-bond donors (Lipinski definition) is 1. The molecule has 2 heteroatoms. The second kappa shape index (κ2) is 8.25. The molecule has 0 aliphatic heterocycles. The molecule has 0 atom stereocenters. The molecule has 0 heterocycles. The molecule has 86 valence electrons. The lowest BCUT2D eigenvalue weighted by Gasteiger charge is -2.18. The van der Waals surface area contributed by atoms with Crippen LogP contribution in [0.1, 0.15) is 47.0 Å². The number of unbranched alkanes of at least 4 members (excludes halogenated alkanes) is 2. The summed E-state index contributed by atoms with van der Waals surface area (Å²) in [5, 5.41) is 3.39. The summed E-state index contributed by atoms with van der Waals surface area (Å²) in [6.07, 6.45) is 3.76. The Kier molecular flexibility index (Phi) is 8.20. The summed E-state index contributed by atoms with van der Waals surface area (Å²) < 4.78 is 5.49. The van der Waals surface area contributed by atoms with Crippen molar-refractivity contribution in [1.29, 1.82) is 0 Å². The molecule has 0 aromatic heterocycles. The molecule has 0 radical (unpaired) electrons. The molecule has 0 bridgehead atoms. The summed E-state index contributed by atoms with van der Waals surface area (Å²) >= 11 is 0. The number of ether oxygens (including phenoxy) is 1. The Balaban J connectivity index is 2.99. The van der Waals surface area contributed by atoms with Gasteiger partial charge in [-0.1, -0.05) is 40.5 Å². The van der Waals surface area contributed by atoms with Gasteiger partial charge in [-0.2, -0.15) is 0 Å². The lowest BCUT2D eigenvalue weighted by molar-refractivity contribution is 0.130. The third-order valence-corrected chi connectivity index (χ3v) is 1.97. The Morgan fingerprint density at radius 1 is 1.07 bits per heavy atom. The summed E-state index contributed by atoms with van der Waals surface area (Å²) in [4.78, 5) is 0. The summed E-state index contributed by atoms with van der Waals surface area (Å²) in [6, 6.07) is 0. The van der Waals surface area contributed by atoms with E-state index in [1.165, 1.54) is 19.3 Å². The molecule has 0 rings (SSSR count). The normalized spacial score (nSPS) is 12.0. The summed E-state index contributed by atoms with van der Waals surface area (Å²) in [5.41, 5.74) is 0.377. The van der Waals surface area contributed by atoms with Crippen LogP contribution in [0.15, 0.2) is 0 Å². The highest BCUT2D eigenvalue weighted by molar-refractivity contribution is 4.64. The van der Waals surface area contributed by atoms with Crippen molar-refractivity contribution in [2.75, 3.05) is 26.3 Å². The first-order valence-corrected chi connectivity index (χ1v) is 5.85. The third kappa shape index (κ3) is 11.9. The Bertz CT molecular complexity index is 118. The van der Waals surface area contributed by atoms with E-state index in [-0.39, 0.29) is 0 Å². The molecule has 2 nitrogen and oxygen atoms in total. The van der Waals surface area contributed by atoms with Gasteiger partial charge in [0, 0.05) is 19.7 Å². The van der Waals surface area contributed by atoms with Crippen LogP contribution in [0.3, 0.4) is 0 Å². The fourth-order valence-electron chi connectivity index (χ4n) is 1.16. The average Bonchev–Trinajstić information content (AvgIpc) is 2.08. The average molecular weight is 201 g/mol. The lowest BCUT2D eigenvalue weighted by Crippen LogP contribution is -2.29. The minimum atomic E-state index is 0.377. The van der Waals surface area contributed by atoms with Crippen LogP contribution in [0, 0.1) is 5.41 Å². The number of nitrogens with one attached hydrogen (secondary N) is 1. The highest BCUT2D eigenvalue weighted by Gasteiger charge is 2.07. The fraction of sp³-hybridized carbons (Fsp3) is 1.00. The number of hydrogen-bond acceptors (Lipinski definition) is 2. The van der Waals surface area contributed by atoms with E-state index in [1.807, 2.05) is 0 Å². The van der Waals surface area contributed by atoms with E-state index in [0.29, 0.717) is 5.41 Å². The van der Waals surface area contributed by atoms with Crippen LogP contribution in [-0.2, 0) is 4.74 Å². The minimum absolute atomic E-state index is 0.377. The van der Waals surface area contributed by atoms with Crippen LogP contribution >= 0.6 is 0 Å². The molecule has 0 saturated heterocycles. The van der Waals surface area contributed by atoms with Crippen LogP contribution in [-0.4, -0.2) is 26.3 Å². The van der Waals surface area contributed by atoms with Crippen molar-refractivity contribution in [1.82, 2.24) is 5.32 Å². The monoisotopic (exact) mass is 201 g/mol. The van der Waals surface area contributed by atoms with Crippen molar-refractivity contribution in [3.8, 4) is 0 Å². The van der Waals surface area contributed by atoms with Gasteiger partial charge in [0.05, 0.1) is 6.61 Å². The van der Waals surface area contributed by atoms with Gasteiger partial charge >= 0.3 is 0 Å². The maximum Gasteiger partial charge on any atom is 0.0590 e. The number of rotatable bonds is 8. The van der Waals surface area contributed by atoms with Crippen molar-refractivity contribution in [2.45, 2.75) is 47.0 Å². The molecule has 1 N–H and O–H groups in total. The summed E-state index contributed by atoms with van der Waals surface area (Å²) in [6.45, 7) is 12.7. The molecule has 0 spiro atoms. The van der Waals surface area contributed by atoms with Crippen LogP contribution in [0.5, 0.6) is 0 Å². The van der Waals surface area contributed by atoms with E-state index in [4.69, 9.17) is 4.74 Å². The molecule has 0 fully saturated rings. The molecule has 14 heavy (non-hydrogen) atoms. The van der Waals surface area contributed by atoms with Gasteiger partial charge in [0.1, 0.15) is 0 Å². The van der Waals surface area contributed by atoms with Gasteiger partial charge in [0.2, 0.25) is 0 Å².